The number of aliphatic hydroxyl groups is 2. The molecule has 0 amide bonds. The van der Waals surface area contributed by atoms with Crippen molar-refractivity contribution in [1.29, 1.82) is 0 Å². The van der Waals surface area contributed by atoms with E-state index < -0.39 is 6.10 Å². The molecule has 1 saturated carbocycles. The zero-order valence-corrected chi connectivity index (χ0v) is 10.9. The summed E-state index contributed by atoms with van der Waals surface area (Å²) in [5.41, 5.74) is 2.41. The molecule has 1 fully saturated rings. The van der Waals surface area contributed by atoms with Gasteiger partial charge in [-0.25, -0.2) is 0 Å². The zero-order valence-electron chi connectivity index (χ0n) is 10.9. The van der Waals surface area contributed by atoms with Gasteiger partial charge in [0.05, 0.1) is 19.3 Å². The highest BCUT2D eigenvalue weighted by molar-refractivity contribution is 5.83. The van der Waals surface area contributed by atoms with Gasteiger partial charge >= 0.3 is 0 Å². The van der Waals surface area contributed by atoms with Crippen molar-refractivity contribution in [3.8, 4) is 0 Å². The van der Waals surface area contributed by atoms with E-state index in [4.69, 9.17) is 5.11 Å². The number of nitrogens with zero attached hydrogens (tertiary/aromatic N) is 1. The van der Waals surface area contributed by atoms with Crippen LogP contribution in [-0.4, -0.2) is 33.5 Å². The molecule has 4 heteroatoms. The van der Waals surface area contributed by atoms with Crippen molar-refractivity contribution in [3.05, 3.63) is 36.0 Å². The molecule has 1 aromatic heterocycles. The molecule has 1 heterocycles. The number of hydrogen-bond donors (Lipinski definition) is 3. The van der Waals surface area contributed by atoms with Crippen LogP contribution in [-0.2, 0) is 13.1 Å². The fraction of sp³-hybridized carbons (Fsp3) is 0.467. The first-order valence-electron chi connectivity index (χ1n) is 6.87. The summed E-state index contributed by atoms with van der Waals surface area (Å²) in [6, 6.07) is 9.04. The van der Waals surface area contributed by atoms with Gasteiger partial charge in [-0.2, -0.15) is 0 Å². The molecule has 0 bridgehead atoms. The van der Waals surface area contributed by atoms with E-state index in [0.717, 1.165) is 12.1 Å². The predicted octanol–water partition coefficient (Wildman–Crippen LogP) is 1.25. The fourth-order valence-corrected chi connectivity index (χ4v) is 2.43. The Kier molecular flexibility index (Phi) is 3.55. The largest absolute Gasteiger partial charge is 0.394 e. The summed E-state index contributed by atoms with van der Waals surface area (Å²) in [6.07, 6.45) is 3.85. The molecule has 1 aliphatic rings. The number of nitrogens with one attached hydrogen (secondary N) is 1. The highest BCUT2D eigenvalue weighted by atomic mass is 16.3. The Bertz CT molecular complexity index is 560. The van der Waals surface area contributed by atoms with Gasteiger partial charge in [-0.15, -0.1) is 0 Å². The minimum absolute atomic E-state index is 0.206. The summed E-state index contributed by atoms with van der Waals surface area (Å²) in [4.78, 5) is 0. The van der Waals surface area contributed by atoms with E-state index in [1.807, 2.05) is 16.8 Å². The average Bonchev–Trinajstić information content (AvgIpc) is 3.18. The van der Waals surface area contributed by atoms with Crippen molar-refractivity contribution < 1.29 is 10.2 Å². The van der Waals surface area contributed by atoms with Gasteiger partial charge < -0.3 is 20.1 Å². The first kappa shape index (κ1) is 12.7. The second kappa shape index (κ2) is 5.33. The van der Waals surface area contributed by atoms with E-state index in [0.29, 0.717) is 12.6 Å². The Morgan fingerprint density at radius 3 is 2.89 bits per heavy atom. The van der Waals surface area contributed by atoms with Gasteiger partial charge in [-0.05, 0) is 30.5 Å². The van der Waals surface area contributed by atoms with Crippen LogP contribution in [0.15, 0.2) is 30.5 Å². The summed E-state index contributed by atoms with van der Waals surface area (Å²) in [7, 11) is 0. The van der Waals surface area contributed by atoms with Crippen LogP contribution in [0.4, 0.5) is 0 Å². The number of fused-ring (bicyclic) bond motifs is 1. The maximum atomic E-state index is 9.56. The molecule has 4 nitrogen and oxygen atoms in total. The van der Waals surface area contributed by atoms with Crippen LogP contribution in [0.5, 0.6) is 0 Å². The molecular formula is C15H20N2O2. The topological polar surface area (TPSA) is 57.4 Å². The monoisotopic (exact) mass is 260 g/mol. The lowest BCUT2D eigenvalue weighted by atomic mass is 10.1. The molecule has 19 heavy (non-hydrogen) atoms. The molecule has 1 atom stereocenters. The van der Waals surface area contributed by atoms with E-state index in [1.54, 1.807) is 0 Å². The smallest absolute Gasteiger partial charge is 0.0949 e. The maximum absolute atomic E-state index is 9.56. The van der Waals surface area contributed by atoms with Crippen molar-refractivity contribution in [1.82, 2.24) is 9.88 Å². The van der Waals surface area contributed by atoms with E-state index in [-0.39, 0.29) is 6.61 Å². The van der Waals surface area contributed by atoms with Gasteiger partial charge in [0.1, 0.15) is 0 Å². The van der Waals surface area contributed by atoms with E-state index in [2.05, 4.69) is 23.5 Å². The van der Waals surface area contributed by atoms with Gasteiger partial charge in [0.25, 0.3) is 0 Å². The minimum atomic E-state index is -0.705. The molecule has 0 spiro atoms. The van der Waals surface area contributed by atoms with Crippen LogP contribution in [0.3, 0.4) is 0 Å². The molecular weight excluding hydrogens is 240 g/mol. The third-order valence-corrected chi connectivity index (χ3v) is 3.68. The molecule has 2 aromatic rings. The third-order valence-electron chi connectivity index (χ3n) is 3.68. The van der Waals surface area contributed by atoms with Crippen LogP contribution < -0.4 is 5.32 Å². The van der Waals surface area contributed by atoms with Crippen molar-refractivity contribution in [2.75, 3.05) is 6.61 Å². The van der Waals surface area contributed by atoms with Gasteiger partial charge in [-0.1, -0.05) is 12.1 Å². The van der Waals surface area contributed by atoms with Crippen molar-refractivity contribution in [2.24, 2.45) is 0 Å². The highest BCUT2D eigenvalue weighted by Crippen LogP contribution is 2.23. The van der Waals surface area contributed by atoms with E-state index in [9.17, 15) is 5.11 Å². The van der Waals surface area contributed by atoms with Gasteiger partial charge in [0, 0.05) is 29.7 Å². The van der Waals surface area contributed by atoms with Crippen LogP contribution in [0.2, 0.25) is 0 Å². The lowest BCUT2D eigenvalue weighted by Crippen LogP contribution is -2.19. The van der Waals surface area contributed by atoms with Crippen LogP contribution in [0.25, 0.3) is 10.9 Å². The Hall–Kier alpha value is -1.36. The second-order valence-corrected chi connectivity index (χ2v) is 5.31. The summed E-state index contributed by atoms with van der Waals surface area (Å²) in [6.45, 7) is 1.12. The molecule has 1 unspecified atom stereocenters. The summed E-state index contributed by atoms with van der Waals surface area (Å²) in [5.74, 6) is 0. The first-order valence-corrected chi connectivity index (χ1v) is 6.87. The molecule has 102 valence electrons. The minimum Gasteiger partial charge on any atom is -0.394 e. The molecule has 3 N–H and O–H groups in total. The Morgan fingerprint density at radius 2 is 2.16 bits per heavy atom. The number of aliphatic hydroxyl groups excluding tert-OH is 2. The van der Waals surface area contributed by atoms with E-state index in [1.165, 1.54) is 23.8 Å². The lowest BCUT2D eigenvalue weighted by Gasteiger charge is -2.11. The van der Waals surface area contributed by atoms with Crippen LogP contribution in [0.1, 0.15) is 18.4 Å². The number of hydrogen-bond acceptors (Lipinski definition) is 3. The second-order valence-electron chi connectivity index (χ2n) is 5.31. The van der Waals surface area contributed by atoms with Gasteiger partial charge in [0.15, 0.2) is 0 Å². The van der Waals surface area contributed by atoms with E-state index >= 15 is 0 Å². The highest BCUT2D eigenvalue weighted by Gasteiger charge is 2.20. The lowest BCUT2D eigenvalue weighted by molar-refractivity contribution is 0.0822. The summed E-state index contributed by atoms with van der Waals surface area (Å²) < 4.78 is 2.00. The van der Waals surface area contributed by atoms with Gasteiger partial charge in [0.2, 0.25) is 0 Å². The molecule has 0 radical (unpaired) electrons. The molecule has 1 aromatic carbocycles. The SMILES string of the molecule is OCC(O)Cn1ccc2c(CNC3CC3)cccc21. The van der Waals surface area contributed by atoms with Crippen molar-refractivity contribution in [2.45, 2.75) is 38.1 Å². The number of aromatic nitrogens is 1. The molecule has 1 aliphatic carbocycles. The van der Waals surface area contributed by atoms with Crippen LogP contribution >= 0.6 is 0 Å². The normalized spacial score (nSPS) is 16.9. The standard InChI is InChI=1S/C15H20N2O2/c18-10-13(19)9-17-7-6-14-11(2-1-3-15(14)17)8-16-12-4-5-12/h1-3,6-7,12-13,16,18-19H,4-5,8-10H2. The molecule has 0 aliphatic heterocycles. The Morgan fingerprint density at radius 1 is 1.32 bits per heavy atom. The fourth-order valence-electron chi connectivity index (χ4n) is 2.43. The Labute approximate surface area is 112 Å². The first-order chi connectivity index (χ1) is 9.28. The zero-order chi connectivity index (χ0) is 13.2. The number of rotatable bonds is 6. The summed E-state index contributed by atoms with van der Waals surface area (Å²) in [5, 5.41) is 23.2. The average molecular weight is 260 g/mol. The Balaban J connectivity index is 1.83. The molecule has 0 saturated heterocycles. The van der Waals surface area contributed by atoms with Gasteiger partial charge in [-0.3, -0.25) is 0 Å². The predicted molar refractivity (Wildman–Crippen MR) is 74.9 cm³/mol. The maximum Gasteiger partial charge on any atom is 0.0949 e. The van der Waals surface area contributed by atoms with Crippen LogP contribution in [0, 0.1) is 0 Å². The quantitative estimate of drug-likeness (QED) is 0.732. The third kappa shape index (κ3) is 2.81. The molecule has 3 rings (SSSR count). The summed E-state index contributed by atoms with van der Waals surface area (Å²) >= 11 is 0. The number of benzene rings is 1. The van der Waals surface area contributed by atoms with Crippen molar-refractivity contribution >= 4 is 10.9 Å². The van der Waals surface area contributed by atoms with Crippen molar-refractivity contribution in [3.63, 3.8) is 0 Å².